The molecule has 0 spiro atoms. The Balaban J connectivity index is 1.96. The molecule has 4 rings (SSSR count). The molecule has 0 fully saturated rings. The van der Waals surface area contributed by atoms with Crippen molar-refractivity contribution in [2.24, 2.45) is 0 Å². The molecule has 4 nitrogen and oxygen atoms in total. The Bertz CT molecular complexity index is 1180. The van der Waals surface area contributed by atoms with Crippen LogP contribution in [0.15, 0.2) is 52.3 Å². The lowest BCUT2D eigenvalue weighted by molar-refractivity contribution is -0.143. The van der Waals surface area contributed by atoms with Gasteiger partial charge in [0.15, 0.2) is 15.5 Å². The number of aromatic nitrogens is 2. The van der Waals surface area contributed by atoms with Gasteiger partial charge in [0.05, 0.1) is 21.2 Å². The third-order valence-corrected chi connectivity index (χ3v) is 6.77. The van der Waals surface area contributed by atoms with Gasteiger partial charge in [-0.25, -0.2) is 13.1 Å². The highest BCUT2D eigenvalue weighted by Crippen LogP contribution is 2.48. The van der Waals surface area contributed by atoms with Gasteiger partial charge in [0, 0.05) is 17.6 Å². The Kier molecular flexibility index (Phi) is 4.35. The van der Waals surface area contributed by atoms with Crippen LogP contribution in [0.5, 0.6) is 0 Å². The zero-order chi connectivity index (χ0) is 20.3. The zero-order valence-corrected chi connectivity index (χ0v) is 16.5. The van der Waals surface area contributed by atoms with E-state index in [1.54, 1.807) is 0 Å². The average Bonchev–Trinajstić information content (AvgIpc) is 3.01. The smallest absolute Gasteiger partial charge is 0.231 e. The van der Waals surface area contributed by atoms with Crippen molar-refractivity contribution in [1.82, 2.24) is 9.78 Å². The molecular formula is C19H15F3N2O2S2. The topological polar surface area (TPSA) is 52.0 Å². The summed E-state index contributed by atoms with van der Waals surface area (Å²) in [6, 6.07) is 11.3. The van der Waals surface area contributed by atoms with Crippen LogP contribution in [0, 0.1) is 6.92 Å². The van der Waals surface area contributed by atoms with Crippen LogP contribution in [0.2, 0.25) is 0 Å². The summed E-state index contributed by atoms with van der Waals surface area (Å²) in [6.45, 7) is 1.93. The summed E-state index contributed by atoms with van der Waals surface area (Å²) in [6.07, 6.45) is -3.51. The molecule has 2 heterocycles. The summed E-state index contributed by atoms with van der Waals surface area (Å²) >= 11 is 1.12. The number of sulfone groups is 1. The first-order chi connectivity index (χ1) is 13.1. The minimum Gasteiger partial charge on any atom is -0.231 e. The Labute approximate surface area is 164 Å². The van der Waals surface area contributed by atoms with E-state index in [2.05, 4.69) is 5.10 Å². The lowest BCUT2D eigenvalue weighted by Gasteiger charge is -2.19. The summed E-state index contributed by atoms with van der Waals surface area (Å²) in [7, 11) is -3.40. The maximum Gasteiger partial charge on any atom is 0.436 e. The van der Waals surface area contributed by atoms with Crippen LogP contribution in [-0.2, 0) is 21.8 Å². The predicted molar refractivity (Wildman–Crippen MR) is 101 cm³/mol. The molecule has 0 aliphatic carbocycles. The second-order valence-corrected chi connectivity index (χ2v) is 9.65. The maximum absolute atomic E-state index is 13.6. The van der Waals surface area contributed by atoms with E-state index in [1.807, 2.05) is 25.1 Å². The van der Waals surface area contributed by atoms with Crippen LogP contribution in [0.25, 0.3) is 16.9 Å². The van der Waals surface area contributed by atoms with Gasteiger partial charge in [-0.05, 0) is 36.8 Å². The fraction of sp³-hybridized carbons (Fsp3) is 0.211. The first-order valence-corrected chi connectivity index (χ1v) is 11.2. The third kappa shape index (κ3) is 3.22. The van der Waals surface area contributed by atoms with Crippen LogP contribution in [0.3, 0.4) is 0 Å². The molecule has 2 aromatic carbocycles. The second-order valence-electron chi connectivity index (χ2n) is 6.65. The fourth-order valence-corrected chi connectivity index (χ4v) is 5.00. The molecule has 0 radical (unpaired) electrons. The molecule has 146 valence electrons. The molecule has 0 amide bonds. The Morgan fingerprint density at radius 2 is 1.79 bits per heavy atom. The lowest BCUT2D eigenvalue weighted by Crippen LogP contribution is -2.08. The normalized spacial score (nSPS) is 13.9. The number of benzene rings is 2. The van der Waals surface area contributed by atoms with Gasteiger partial charge in [0.1, 0.15) is 0 Å². The van der Waals surface area contributed by atoms with Crippen LogP contribution in [-0.4, -0.2) is 24.5 Å². The van der Waals surface area contributed by atoms with Gasteiger partial charge in [-0.2, -0.15) is 18.3 Å². The summed E-state index contributed by atoms with van der Waals surface area (Å²) in [5.74, 6) is 0.436. The van der Waals surface area contributed by atoms with Gasteiger partial charge < -0.3 is 0 Å². The van der Waals surface area contributed by atoms with Crippen LogP contribution in [0.1, 0.15) is 16.8 Å². The van der Waals surface area contributed by atoms with E-state index in [4.69, 9.17) is 0 Å². The Hall–Kier alpha value is -2.26. The van der Waals surface area contributed by atoms with E-state index in [-0.39, 0.29) is 9.79 Å². The summed E-state index contributed by atoms with van der Waals surface area (Å²) in [4.78, 5) is 0.190. The number of aryl methyl sites for hydroxylation is 1. The van der Waals surface area contributed by atoms with Crippen LogP contribution >= 0.6 is 11.8 Å². The van der Waals surface area contributed by atoms with Crippen molar-refractivity contribution in [2.75, 3.05) is 6.26 Å². The number of thioether (sulfide) groups is 1. The highest BCUT2D eigenvalue weighted by molar-refractivity contribution is 7.98. The maximum atomic E-state index is 13.6. The standard InChI is InChI=1S/C19H15F3N2O2S2/c1-11-3-8-15-12(9-11)10-27-17-16(15)24(23-18(17)19(20,21)22)13-4-6-14(7-5-13)28(2,25)26/h3-9H,10H2,1-2H3. The molecular weight excluding hydrogens is 409 g/mol. The Morgan fingerprint density at radius 3 is 2.39 bits per heavy atom. The molecule has 1 aliphatic rings. The first kappa shape index (κ1) is 19.1. The molecule has 3 aromatic rings. The molecule has 28 heavy (non-hydrogen) atoms. The number of rotatable bonds is 2. The van der Waals surface area contributed by atoms with Gasteiger partial charge in [-0.1, -0.05) is 23.8 Å². The SMILES string of the molecule is Cc1ccc2c(c1)CSc1c(C(F)(F)F)nn(-c3ccc(S(C)(=O)=O)cc3)c1-2. The molecule has 0 saturated carbocycles. The lowest BCUT2D eigenvalue weighted by atomic mass is 10.0. The first-order valence-electron chi connectivity index (χ1n) is 8.29. The van der Waals surface area contributed by atoms with Crippen molar-refractivity contribution in [3.8, 4) is 16.9 Å². The van der Waals surface area contributed by atoms with Crippen LogP contribution < -0.4 is 0 Å². The van der Waals surface area contributed by atoms with E-state index in [0.29, 0.717) is 22.7 Å². The van der Waals surface area contributed by atoms with Crippen molar-refractivity contribution in [1.29, 1.82) is 0 Å². The quantitative estimate of drug-likeness (QED) is 0.589. The van der Waals surface area contributed by atoms with Crippen molar-refractivity contribution >= 4 is 21.6 Å². The van der Waals surface area contributed by atoms with Gasteiger partial charge in [0.25, 0.3) is 0 Å². The van der Waals surface area contributed by atoms with E-state index >= 15 is 0 Å². The zero-order valence-electron chi connectivity index (χ0n) is 14.9. The minimum atomic E-state index is -4.59. The van der Waals surface area contributed by atoms with Crippen molar-refractivity contribution in [3.05, 3.63) is 59.3 Å². The summed E-state index contributed by atoms with van der Waals surface area (Å²) in [5.41, 5.74) is 2.50. The minimum absolute atomic E-state index is 0.0936. The number of hydrogen-bond acceptors (Lipinski definition) is 4. The highest BCUT2D eigenvalue weighted by Gasteiger charge is 2.41. The van der Waals surface area contributed by atoms with Gasteiger partial charge in [-0.3, -0.25) is 0 Å². The predicted octanol–water partition coefficient (Wildman–Crippen LogP) is 4.88. The van der Waals surface area contributed by atoms with Gasteiger partial charge in [0.2, 0.25) is 0 Å². The molecule has 9 heteroatoms. The third-order valence-electron chi connectivity index (χ3n) is 4.51. The summed E-state index contributed by atoms with van der Waals surface area (Å²) in [5, 5.41) is 3.87. The molecule has 0 unspecified atom stereocenters. The largest absolute Gasteiger partial charge is 0.436 e. The van der Waals surface area contributed by atoms with E-state index in [9.17, 15) is 21.6 Å². The van der Waals surface area contributed by atoms with Crippen molar-refractivity contribution < 1.29 is 21.6 Å². The van der Waals surface area contributed by atoms with Crippen LogP contribution in [0.4, 0.5) is 13.2 Å². The Morgan fingerprint density at radius 1 is 1.11 bits per heavy atom. The van der Waals surface area contributed by atoms with Crippen molar-refractivity contribution in [2.45, 2.75) is 28.6 Å². The molecule has 1 aromatic heterocycles. The number of nitrogens with zero attached hydrogens (tertiary/aromatic N) is 2. The molecule has 0 N–H and O–H groups in total. The van der Waals surface area contributed by atoms with E-state index in [1.165, 1.54) is 28.9 Å². The number of halogens is 3. The number of hydrogen-bond donors (Lipinski definition) is 0. The van der Waals surface area contributed by atoms with Gasteiger partial charge in [-0.15, -0.1) is 11.8 Å². The molecule has 0 atom stereocenters. The molecule has 0 bridgehead atoms. The van der Waals surface area contributed by atoms with Crippen molar-refractivity contribution in [3.63, 3.8) is 0 Å². The fourth-order valence-electron chi connectivity index (χ4n) is 3.21. The summed E-state index contributed by atoms with van der Waals surface area (Å²) < 4.78 is 65.4. The number of alkyl halides is 3. The number of fused-ring (bicyclic) bond motifs is 3. The second kappa shape index (κ2) is 6.38. The average molecular weight is 424 g/mol. The monoisotopic (exact) mass is 424 g/mol. The molecule has 0 saturated heterocycles. The molecule has 1 aliphatic heterocycles. The van der Waals surface area contributed by atoms with E-state index in [0.717, 1.165) is 29.1 Å². The highest BCUT2D eigenvalue weighted by atomic mass is 32.2. The van der Waals surface area contributed by atoms with Gasteiger partial charge >= 0.3 is 6.18 Å². The van der Waals surface area contributed by atoms with E-state index < -0.39 is 21.7 Å².